The molecule has 4 aromatic rings. The third-order valence-corrected chi connectivity index (χ3v) is 5.57. The van der Waals surface area contributed by atoms with E-state index in [1.54, 1.807) is 12.1 Å². The molecule has 5 rings (SSSR count). The second-order valence-corrected chi connectivity index (χ2v) is 7.40. The molecular weight excluding hydrogens is 321 g/mol. The number of fused-ring (bicyclic) bond motifs is 2. The molecule has 0 N–H and O–H groups in total. The topological polar surface area (TPSA) is 12.9 Å². The first-order valence-electron chi connectivity index (χ1n) is 8.86. The number of hydrogen-bond acceptors (Lipinski definition) is 1. The molecule has 0 aliphatic heterocycles. The number of hydrogen-bond donors (Lipinski definition) is 0. The molecule has 1 aliphatic rings. The third kappa shape index (κ3) is 1.93. The molecule has 126 valence electrons. The molecule has 2 heteroatoms. The van der Waals surface area contributed by atoms with Crippen LogP contribution in [0.5, 0.6) is 0 Å². The predicted octanol–water partition coefficient (Wildman–Crippen LogP) is 6.35. The Balaban J connectivity index is 1.95. The van der Waals surface area contributed by atoms with E-state index in [2.05, 4.69) is 44.2 Å². The van der Waals surface area contributed by atoms with Gasteiger partial charge in [-0.2, -0.15) is 0 Å². The second-order valence-electron chi connectivity index (χ2n) is 7.40. The minimum Gasteiger partial charge on any atom is -0.255 e. The van der Waals surface area contributed by atoms with Gasteiger partial charge < -0.3 is 0 Å². The zero-order valence-electron chi connectivity index (χ0n) is 14.8. The van der Waals surface area contributed by atoms with Gasteiger partial charge in [-0.1, -0.05) is 74.5 Å². The monoisotopic (exact) mass is 339 g/mol. The lowest BCUT2D eigenvalue weighted by molar-refractivity contribution is 0.550. The van der Waals surface area contributed by atoms with E-state index in [4.69, 9.17) is 4.98 Å². The summed E-state index contributed by atoms with van der Waals surface area (Å²) in [5.74, 6) is -0.163. The van der Waals surface area contributed by atoms with E-state index in [-0.39, 0.29) is 5.82 Å². The number of rotatable bonds is 1. The second kappa shape index (κ2) is 5.25. The predicted molar refractivity (Wildman–Crippen MR) is 105 cm³/mol. The van der Waals surface area contributed by atoms with Crippen molar-refractivity contribution in [2.75, 3.05) is 0 Å². The summed E-state index contributed by atoms with van der Waals surface area (Å²) < 4.78 is 14.8. The Morgan fingerprint density at radius 3 is 2.38 bits per heavy atom. The Morgan fingerprint density at radius 2 is 1.58 bits per heavy atom. The van der Waals surface area contributed by atoms with Crippen molar-refractivity contribution < 1.29 is 4.39 Å². The van der Waals surface area contributed by atoms with Crippen molar-refractivity contribution in [1.29, 1.82) is 0 Å². The lowest BCUT2D eigenvalue weighted by Crippen LogP contribution is -2.25. The number of benzene rings is 3. The summed E-state index contributed by atoms with van der Waals surface area (Å²) in [6.07, 6.45) is 1.92. The highest BCUT2D eigenvalue weighted by Crippen LogP contribution is 2.49. The maximum atomic E-state index is 14.8. The van der Waals surface area contributed by atoms with Crippen molar-refractivity contribution >= 4 is 10.8 Å². The summed E-state index contributed by atoms with van der Waals surface area (Å²) in [6.45, 7) is 4.20. The molecule has 1 nitrogen and oxygen atoms in total. The zero-order valence-corrected chi connectivity index (χ0v) is 14.8. The summed E-state index contributed by atoms with van der Waals surface area (Å²) in [6, 6.07) is 21.9. The molecule has 0 fully saturated rings. The molecule has 0 amide bonds. The number of aromatic nitrogens is 1. The van der Waals surface area contributed by atoms with Crippen LogP contribution in [0.1, 0.15) is 25.0 Å². The first kappa shape index (κ1) is 15.3. The highest BCUT2D eigenvalue weighted by molar-refractivity contribution is 6.07. The summed E-state index contributed by atoms with van der Waals surface area (Å²) in [7, 11) is 0. The fourth-order valence-corrected chi connectivity index (χ4v) is 4.36. The van der Waals surface area contributed by atoms with Crippen LogP contribution in [-0.4, -0.2) is 4.98 Å². The Labute approximate surface area is 152 Å². The summed E-state index contributed by atoms with van der Waals surface area (Å²) >= 11 is 0. The van der Waals surface area contributed by atoms with Gasteiger partial charge in [-0.25, -0.2) is 4.39 Å². The lowest BCUT2D eigenvalue weighted by atomic mass is 9.69. The van der Waals surface area contributed by atoms with Crippen LogP contribution in [0.15, 0.2) is 72.9 Å². The smallest absolute Gasteiger partial charge is 0.127 e. The molecule has 1 aliphatic carbocycles. The maximum absolute atomic E-state index is 14.8. The van der Waals surface area contributed by atoms with Gasteiger partial charge in [-0.3, -0.25) is 4.98 Å². The Kier molecular flexibility index (Phi) is 3.08. The molecule has 0 unspecified atom stereocenters. The first-order chi connectivity index (χ1) is 12.6. The first-order valence-corrected chi connectivity index (χ1v) is 8.86. The quantitative estimate of drug-likeness (QED) is 0.394. The van der Waals surface area contributed by atoms with Gasteiger partial charge in [0.2, 0.25) is 0 Å². The van der Waals surface area contributed by atoms with Crippen LogP contribution in [0.2, 0.25) is 0 Å². The number of halogens is 1. The van der Waals surface area contributed by atoms with Crippen molar-refractivity contribution in [1.82, 2.24) is 4.98 Å². The van der Waals surface area contributed by atoms with Gasteiger partial charge in [0.1, 0.15) is 5.82 Å². The van der Waals surface area contributed by atoms with Crippen LogP contribution < -0.4 is 0 Å². The molecule has 1 aromatic heterocycles. The Hall–Kier alpha value is -3.00. The molecule has 0 atom stereocenters. The van der Waals surface area contributed by atoms with Gasteiger partial charge in [-0.05, 0) is 22.6 Å². The normalized spacial score (nSPS) is 14.3. The van der Waals surface area contributed by atoms with Crippen molar-refractivity contribution in [3.8, 4) is 22.4 Å². The summed E-state index contributed by atoms with van der Waals surface area (Å²) in [5.41, 5.74) is 5.49. The van der Waals surface area contributed by atoms with Crippen LogP contribution in [0.3, 0.4) is 0 Å². The van der Waals surface area contributed by atoms with Crippen LogP contribution >= 0.6 is 0 Å². The van der Waals surface area contributed by atoms with Crippen molar-refractivity contribution in [3.63, 3.8) is 0 Å². The van der Waals surface area contributed by atoms with E-state index in [1.807, 2.05) is 30.5 Å². The molecule has 0 radical (unpaired) electrons. The average Bonchev–Trinajstić information content (AvgIpc) is 2.66. The van der Waals surface area contributed by atoms with Gasteiger partial charge in [0, 0.05) is 33.7 Å². The van der Waals surface area contributed by atoms with Gasteiger partial charge in [-0.15, -0.1) is 0 Å². The fourth-order valence-electron chi connectivity index (χ4n) is 4.36. The molecule has 0 spiro atoms. The lowest BCUT2D eigenvalue weighted by Gasteiger charge is -2.35. The van der Waals surface area contributed by atoms with E-state index in [9.17, 15) is 4.39 Å². The molecular formula is C24H18FN. The van der Waals surface area contributed by atoms with Gasteiger partial charge >= 0.3 is 0 Å². The highest BCUT2D eigenvalue weighted by Gasteiger charge is 2.36. The van der Waals surface area contributed by atoms with Gasteiger partial charge in [0.25, 0.3) is 0 Å². The van der Waals surface area contributed by atoms with Crippen LogP contribution in [0, 0.1) is 5.82 Å². The third-order valence-electron chi connectivity index (χ3n) is 5.57. The zero-order chi connectivity index (χ0) is 17.9. The van der Waals surface area contributed by atoms with E-state index in [0.29, 0.717) is 0 Å². The van der Waals surface area contributed by atoms with Crippen molar-refractivity contribution in [2.45, 2.75) is 19.3 Å². The average molecular weight is 339 g/mol. The molecule has 3 aromatic carbocycles. The van der Waals surface area contributed by atoms with Crippen LogP contribution in [0.25, 0.3) is 33.2 Å². The molecule has 0 saturated carbocycles. The fraction of sp³-hybridized carbons (Fsp3) is 0.125. The summed E-state index contributed by atoms with van der Waals surface area (Å²) in [5, 5.41) is 2.30. The minimum absolute atomic E-state index is 0.163. The molecule has 0 bridgehead atoms. The molecule has 1 heterocycles. The van der Waals surface area contributed by atoms with E-state index in [0.717, 1.165) is 38.9 Å². The standard InChI is InChI=1S/C24H18FN/c1-24(2)19-12-6-10-16-18(15-8-4-3-5-9-15)14-26-23(21(16)19)17-11-7-13-20(25)22(17)24/h3-14H,1-2H3. The van der Waals surface area contributed by atoms with Gasteiger partial charge in [0.05, 0.1) is 5.69 Å². The number of pyridine rings is 1. The molecule has 26 heavy (non-hydrogen) atoms. The SMILES string of the molecule is CC1(C)c2c(F)cccc2-c2ncc(-c3ccccc3)c3cccc1c23. The Morgan fingerprint density at radius 1 is 0.808 bits per heavy atom. The van der Waals surface area contributed by atoms with E-state index in [1.165, 1.54) is 5.39 Å². The van der Waals surface area contributed by atoms with Crippen molar-refractivity contribution in [2.24, 2.45) is 0 Å². The van der Waals surface area contributed by atoms with Crippen LogP contribution in [0.4, 0.5) is 4.39 Å². The largest absolute Gasteiger partial charge is 0.255 e. The molecule has 0 saturated heterocycles. The van der Waals surface area contributed by atoms with E-state index >= 15 is 0 Å². The minimum atomic E-state index is -0.413. The van der Waals surface area contributed by atoms with Crippen molar-refractivity contribution in [3.05, 3.63) is 89.9 Å². The van der Waals surface area contributed by atoms with Gasteiger partial charge in [0.15, 0.2) is 0 Å². The Bertz CT molecular complexity index is 1160. The van der Waals surface area contributed by atoms with E-state index < -0.39 is 5.41 Å². The highest BCUT2D eigenvalue weighted by atomic mass is 19.1. The number of nitrogens with zero attached hydrogens (tertiary/aromatic N) is 1. The van der Waals surface area contributed by atoms with Crippen LogP contribution in [-0.2, 0) is 5.41 Å². The summed E-state index contributed by atoms with van der Waals surface area (Å²) in [4.78, 5) is 4.80. The maximum Gasteiger partial charge on any atom is 0.127 e.